The van der Waals surface area contributed by atoms with Crippen LogP contribution in [0, 0.1) is 0 Å². The third-order valence-electron chi connectivity index (χ3n) is 6.36. The number of hydrogen-bond donors (Lipinski definition) is 2. The van der Waals surface area contributed by atoms with Crippen LogP contribution in [0.15, 0.2) is 57.0 Å². The summed E-state index contributed by atoms with van der Waals surface area (Å²) in [5.41, 5.74) is 5.53. The minimum Gasteiger partial charge on any atom is -0.362 e. The molecule has 2 unspecified atom stereocenters. The van der Waals surface area contributed by atoms with Gasteiger partial charge in [0.05, 0.1) is 16.7 Å². The van der Waals surface area contributed by atoms with Crippen LogP contribution in [-0.4, -0.2) is 17.6 Å². The molecular formula is C23H30N4O. The number of rotatable bonds is 3. The molecule has 2 atom stereocenters. The quantitative estimate of drug-likeness (QED) is 0.802. The average molecular weight is 379 g/mol. The molecule has 3 aliphatic rings. The second-order valence-electron chi connectivity index (χ2n) is 9.17. The molecule has 3 heterocycles. The van der Waals surface area contributed by atoms with E-state index in [4.69, 9.17) is 0 Å². The fraction of sp³-hybridized carbons (Fsp3) is 0.522. The number of hydrogen-bond acceptors (Lipinski definition) is 4. The number of fused-ring (bicyclic) bond motifs is 1. The largest absolute Gasteiger partial charge is 0.362 e. The molecule has 1 amide bonds. The van der Waals surface area contributed by atoms with Crippen LogP contribution in [-0.2, 0) is 10.2 Å². The summed E-state index contributed by atoms with van der Waals surface area (Å²) in [6, 6.07) is 8.71. The highest BCUT2D eigenvalue weighted by molar-refractivity contribution is 6.00. The van der Waals surface area contributed by atoms with Gasteiger partial charge in [0, 0.05) is 23.2 Å². The summed E-state index contributed by atoms with van der Waals surface area (Å²) in [6.07, 6.45) is 1.36. The van der Waals surface area contributed by atoms with E-state index in [1.165, 1.54) is 5.56 Å². The lowest BCUT2D eigenvalue weighted by Crippen LogP contribution is -2.58. The molecule has 0 radical (unpaired) electrons. The number of nitrogens with zero attached hydrogens (tertiary/aromatic N) is 2. The summed E-state index contributed by atoms with van der Waals surface area (Å²) in [7, 11) is 0. The SMILES string of the molecule is CCC1(c2cccc(C(C)C)c2)C2=C(CC(C)(C)NC2=O)NC2N=NC(C)=C21. The van der Waals surface area contributed by atoms with Crippen molar-refractivity contribution in [3.05, 3.63) is 57.9 Å². The molecule has 0 saturated heterocycles. The maximum atomic E-state index is 13.4. The van der Waals surface area contributed by atoms with Gasteiger partial charge in [0.2, 0.25) is 0 Å². The Morgan fingerprint density at radius 2 is 2.04 bits per heavy atom. The van der Waals surface area contributed by atoms with E-state index in [9.17, 15) is 4.79 Å². The van der Waals surface area contributed by atoms with Gasteiger partial charge in [-0.2, -0.15) is 10.2 Å². The van der Waals surface area contributed by atoms with Crippen molar-refractivity contribution < 1.29 is 4.79 Å². The summed E-state index contributed by atoms with van der Waals surface area (Å²) >= 11 is 0. The molecule has 5 heteroatoms. The zero-order valence-corrected chi connectivity index (χ0v) is 17.7. The molecule has 148 valence electrons. The van der Waals surface area contributed by atoms with Crippen LogP contribution < -0.4 is 10.6 Å². The molecule has 4 rings (SSSR count). The molecule has 1 aromatic rings. The Bertz CT molecular complexity index is 938. The van der Waals surface area contributed by atoms with Gasteiger partial charge in [0.15, 0.2) is 6.17 Å². The van der Waals surface area contributed by atoms with E-state index in [1.807, 2.05) is 6.92 Å². The van der Waals surface area contributed by atoms with Crippen LogP contribution >= 0.6 is 0 Å². The zero-order chi connectivity index (χ0) is 20.3. The van der Waals surface area contributed by atoms with Crippen LogP contribution in [0.3, 0.4) is 0 Å². The fourth-order valence-electron chi connectivity index (χ4n) is 5.09. The van der Waals surface area contributed by atoms with Crippen molar-refractivity contribution in [2.24, 2.45) is 10.2 Å². The van der Waals surface area contributed by atoms with E-state index in [0.717, 1.165) is 40.9 Å². The van der Waals surface area contributed by atoms with Crippen molar-refractivity contribution in [1.29, 1.82) is 0 Å². The van der Waals surface area contributed by atoms with Gasteiger partial charge < -0.3 is 10.6 Å². The predicted molar refractivity (Wildman–Crippen MR) is 111 cm³/mol. The van der Waals surface area contributed by atoms with Crippen LogP contribution in [0.5, 0.6) is 0 Å². The first kappa shape index (κ1) is 18.9. The van der Waals surface area contributed by atoms with E-state index in [0.29, 0.717) is 5.92 Å². The summed E-state index contributed by atoms with van der Waals surface area (Å²) in [5.74, 6) is 0.438. The number of amides is 1. The van der Waals surface area contributed by atoms with E-state index in [2.05, 4.69) is 79.7 Å². The van der Waals surface area contributed by atoms with Crippen LogP contribution in [0.25, 0.3) is 0 Å². The molecule has 0 aliphatic carbocycles. The van der Waals surface area contributed by atoms with Crippen LogP contribution in [0.2, 0.25) is 0 Å². The predicted octanol–water partition coefficient (Wildman–Crippen LogP) is 4.68. The van der Waals surface area contributed by atoms with Gasteiger partial charge in [-0.1, -0.05) is 45.0 Å². The van der Waals surface area contributed by atoms with Crippen LogP contribution in [0.4, 0.5) is 0 Å². The Balaban J connectivity index is 2.02. The minimum absolute atomic E-state index is 0.0150. The van der Waals surface area contributed by atoms with E-state index in [-0.39, 0.29) is 17.6 Å². The third-order valence-corrected chi connectivity index (χ3v) is 6.36. The first-order valence-corrected chi connectivity index (χ1v) is 10.2. The normalized spacial score (nSPS) is 28.2. The maximum Gasteiger partial charge on any atom is 0.250 e. The molecule has 0 aromatic heterocycles. The highest BCUT2D eigenvalue weighted by Gasteiger charge is 2.54. The number of carbonyl (C=O) groups excluding carboxylic acids is 1. The number of benzene rings is 1. The zero-order valence-electron chi connectivity index (χ0n) is 17.7. The lowest BCUT2D eigenvalue weighted by atomic mass is 9.61. The standard InChI is InChI=1S/C23H30N4O/c1-7-23(16-10-8-9-15(11-16)13(2)3)18-14(4)26-27-20(18)24-17-12-22(5,6)25-21(28)19(17)23/h8-11,13,20,24H,7,12H2,1-6H3,(H,25,28). The third kappa shape index (κ3) is 2.63. The molecule has 0 bridgehead atoms. The van der Waals surface area contributed by atoms with E-state index < -0.39 is 5.41 Å². The molecule has 0 fully saturated rings. The molecule has 1 aromatic carbocycles. The minimum atomic E-state index is -0.510. The summed E-state index contributed by atoms with van der Waals surface area (Å²) in [4.78, 5) is 13.4. The van der Waals surface area contributed by atoms with Crippen molar-refractivity contribution in [1.82, 2.24) is 10.6 Å². The highest BCUT2D eigenvalue weighted by atomic mass is 16.2. The van der Waals surface area contributed by atoms with Crippen molar-refractivity contribution >= 4 is 5.91 Å². The topological polar surface area (TPSA) is 65.8 Å². The summed E-state index contributed by atoms with van der Waals surface area (Å²) < 4.78 is 0. The van der Waals surface area contributed by atoms with Gasteiger partial charge in [0.25, 0.3) is 5.91 Å². The summed E-state index contributed by atoms with van der Waals surface area (Å²) in [6.45, 7) is 12.7. The number of allylic oxidation sites excluding steroid dienone is 1. The Morgan fingerprint density at radius 1 is 1.29 bits per heavy atom. The Labute approximate surface area is 167 Å². The van der Waals surface area contributed by atoms with Crippen molar-refractivity contribution in [3.8, 4) is 0 Å². The first-order valence-electron chi connectivity index (χ1n) is 10.2. The second-order valence-corrected chi connectivity index (χ2v) is 9.17. The lowest BCUT2D eigenvalue weighted by Gasteiger charge is -2.48. The Kier molecular flexibility index (Phi) is 4.25. The smallest absolute Gasteiger partial charge is 0.250 e. The molecule has 2 N–H and O–H groups in total. The fourth-order valence-corrected chi connectivity index (χ4v) is 5.09. The molecule has 3 aliphatic heterocycles. The Morgan fingerprint density at radius 3 is 2.71 bits per heavy atom. The molecular weight excluding hydrogens is 348 g/mol. The van der Waals surface area contributed by atoms with E-state index in [1.54, 1.807) is 0 Å². The highest BCUT2D eigenvalue weighted by Crippen LogP contribution is 2.52. The maximum absolute atomic E-state index is 13.4. The number of azo groups is 1. The second kappa shape index (κ2) is 6.29. The van der Waals surface area contributed by atoms with Crippen molar-refractivity contribution in [3.63, 3.8) is 0 Å². The van der Waals surface area contributed by atoms with Gasteiger partial charge in [0.1, 0.15) is 0 Å². The molecule has 0 saturated carbocycles. The van der Waals surface area contributed by atoms with Gasteiger partial charge >= 0.3 is 0 Å². The van der Waals surface area contributed by atoms with Crippen molar-refractivity contribution in [2.45, 2.75) is 77.4 Å². The lowest BCUT2D eigenvalue weighted by molar-refractivity contribution is -0.120. The van der Waals surface area contributed by atoms with E-state index >= 15 is 0 Å². The number of carbonyl (C=O) groups is 1. The summed E-state index contributed by atoms with van der Waals surface area (Å²) in [5, 5.41) is 15.7. The number of nitrogens with one attached hydrogen (secondary N) is 2. The van der Waals surface area contributed by atoms with Gasteiger partial charge in [-0.05, 0) is 44.2 Å². The van der Waals surface area contributed by atoms with Gasteiger partial charge in [-0.15, -0.1) is 0 Å². The Hall–Kier alpha value is -2.43. The first-order chi connectivity index (χ1) is 13.2. The van der Waals surface area contributed by atoms with Gasteiger partial charge in [-0.25, -0.2) is 0 Å². The molecule has 0 spiro atoms. The van der Waals surface area contributed by atoms with Crippen molar-refractivity contribution in [2.75, 3.05) is 0 Å². The van der Waals surface area contributed by atoms with Crippen LogP contribution in [0.1, 0.15) is 71.4 Å². The molecule has 28 heavy (non-hydrogen) atoms. The van der Waals surface area contributed by atoms with Gasteiger partial charge in [-0.3, -0.25) is 4.79 Å². The average Bonchev–Trinajstić information content (AvgIpc) is 3.00. The monoisotopic (exact) mass is 378 g/mol. The molecule has 5 nitrogen and oxygen atoms in total.